The summed E-state index contributed by atoms with van der Waals surface area (Å²) in [7, 11) is 0. The molecule has 0 atom stereocenters. The lowest BCUT2D eigenvalue weighted by Crippen LogP contribution is -2.24. The molecule has 0 aliphatic rings. The number of carbonyl (C=O) groups excluding carboxylic acids is 1. The number of benzene rings is 2. The first kappa shape index (κ1) is 19.0. The number of hydrogen-bond donors (Lipinski definition) is 1. The fourth-order valence-electron chi connectivity index (χ4n) is 2.83. The zero-order valence-corrected chi connectivity index (χ0v) is 16.7. The van der Waals surface area contributed by atoms with E-state index < -0.39 is 0 Å². The lowest BCUT2D eigenvalue weighted by molar-refractivity contribution is -0.118. The summed E-state index contributed by atoms with van der Waals surface area (Å²) in [5.74, 6) is 1.41. The first-order chi connectivity index (χ1) is 14.2. The molecule has 2 heterocycles. The third kappa shape index (κ3) is 4.57. The van der Waals surface area contributed by atoms with Gasteiger partial charge in [-0.1, -0.05) is 59.8 Å². The molecule has 146 valence electrons. The minimum Gasteiger partial charge on any atom is -0.461 e. The topological polar surface area (TPSA) is 73.0 Å². The Balaban J connectivity index is 1.51. The molecule has 7 heteroatoms. The average Bonchev–Trinajstić information content (AvgIpc) is 3.42. The van der Waals surface area contributed by atoms with Crippen LogP contribution < -0.4 is 5.32 Å². The lowest BCUT2D eigenvalue weighted by atomic mass is 10.2. The highest BCUT2D eigenvalue weighted by atomic mass is 32.2. The number of furan rings is 1. The van der Waals surface area contributed by atoms with Crippen LogP contribution in [0, 0.1) is 6.92 Å². The summed E-state index contributed by atoms with van der Waals surface area (Å²) in [5, 5.41) is 12.2. The van der Waals surface area contributed by atoms with Crippen LogP contribution >= 0.6 is 11.8 Å². The van der Waals surface area contributed by atoms with Crippen molar-refractivity contribution in [3.05, 3.63) is 84.1 Å². The van der Waals surface area contributed by atoms with E-state index in [0.29, 0.717) is 23.3 Å². The SMILES string of the molecule is Cc1ccc(-n2c(SCC(=O)NCc3ccccc3)nnc2-c2ccco2)cc1. The van der Waals surface area contributed by atoms with Crippen molar-refractivity contribution in [3.8, 4) is 17.3 Å². The molecule has 4 aromatic rings. The van der Waals surface area contributed by atoms with E-state index in [2.05, 4.69) is 15.5 Å². The largest absolute Gasteiger partial charge is 0.461 e. The Morgan fingerprint density at radius 3 is 2.55 bits per heavy atom. The van der Waals surface area contributed by atoms with E-state index >= 15 is 0 Å². The number of aromatic nitrogens is 3. The molecule has 0 spiro atoms. The average molecular weight is 404 g/mol. The van der Waals surface area contributed by atoms with E-state index in [1.807, 2.05) is 78.2 Å². The Kier molecular flexibility index (Phi) is 5.76. The summed E-state index contributed by atoms with van der Waals surface area (Å²) in [6, 6.07) is 21.6. The van der Waals surface area contributed by atoms with Gasteiger partial charge in [-0.3, -0.25) is 9.36 Å². The second-order valence-corrected chi connectivity index (χ2v) is 7.45. The van der Waals surface area contributed by atoms with Gasteiger partial charge in [-0.05, 0) is 36.8 Å². The normalized spacial score (nSPS) is 10.8. The van der Waals surface area contributed by atoms with Gasteiger partial charge in [0.2, 0.25) is 11.7 Å². The summed E-state index contributed by atoms with van der Waals surface area (Å²) < 4.78 is 7.43. The number of rotatable bonds is 7. The van der Waals surface area contributed by atoms with Gasteiger partial charge in [0.1, 0.15) is 0 Å². The van der Waals surface area contributed by atoms with Gasteiger partial charge in [-0.25, -0.2) is 0 Å². The maximum absolute atomic E-state index is 12.3. The van der Waals surface area contributed by atoms with Crippen LogP contribution in [-0.2, 0) is 11.3 Å². The number of thioether (sulfide) groups is 1. The number of nitrogens with zero attached hydrogens (tertiary/aromatic N) is 3. The molecular weight excluding hydrogens is 384 g/mol. The summed E-state index contributed by atoms with van der Waals surface area (Å²) in [6.45, 7) is 2.54. The minimum atomic E-state index is -0.0585. The van der Waals surface area contributed by atoms with E-state index in [1.165, 1.54) is 11.8 Å². The van der Waals surface area contributed by atoms with Crippen LogP contribution in [0.4, 0.5) is 0 Å². The Morgan fingerprint density at radius 1 is 1.03 bits per heavy atom. The van der Waals surface area contributed by atoms with Crippen molar-refractivity contribution < 1.29 is 9.21 Å². The van der Waals surface area contributed by atoms with Crippen molar-refractivity contribution >= 4 is 17.7 Å². The predicted octanol–water partition coefficient (Wildman–Crippen LogP) is 4.24. The Morgan fingerprint density at radius 2 is 1.83 bits per heavy atom. The van der Waals surface area contributed by atoms with Crippen LogP contribution in [-0.4, -0.2) is 26.4 Å². The van der Waals surface area contributed by atoms with E-state index in [1.54, 1.807) is 6.26 Å². The van der Waals surface area contributed by atoms with Crippen LogP contribution in [0.5, 0.6) is 0 Å². The van der Waals surface area contributed by atoms with E-state index in [0.717, 1.165) is 16.8 Å². The Labute approximate surface area is 173 Å². The summed E-state index contributed by atoms with van der Waals surface area (Å²) in [5.41, 5.74) is 3.14. The summed E-state index contributed by atoms with van der Waals surface area (Å²) in [6.07, 6.45) is 1.60. The Hall–Kier alpha value is -3.32. The van der Waals surface area contributed by atoms with E-state index in [9.17, 15) is 4.79 Å². The van der Waals surface area contributed by atoms with Crippen LogP contribution in [0.2, 0.25) is 0 Å². The van der Waals surface area contributed by atoms with Gasteiger partial charge >= 0.3 is 0 Å². The Bertz CT molecular complexity index is 1070. The smallest absolute Gasteiger partial charge is 0.230 e. The maximum atomic E-state index is 12.3. The third-order valence-electron chi connectivity index (χ3n) is 4.33. The maximum Gasteiger partial charge on any atom is 0.230 e. The molecule has 0 aliphatic heterocycles. The molecule has 0 aliphatic carbocycles. The number of nitrogens with one attached hydrogen (secondary N) is 1. The molecule has 2 aromatic carbocycles. The zero-order chi connectivity index (χ0) is 20.1. The molecule has 0 unspecified atom stereocenters. The predicted molar refractivity (Wildman–Crippen MR) is 113 cm³/mol. The molecule has 29 heavy (non-hydrogen) atoms. The highest BCUT2D eigenvalue weighted by Crippen LogP contribution is 2.28. The molecule has 0 bridgehead atoms. The molecule has 0 saturated heterocycles. The first-order valence-corrected chi connectivity index (χ1v) is 10.2. The molecule has 0 radical (unpaired) electrons. The van der Waals surface area contributed by atoms with Gasteiger partial charge in [-0.15, -0.1) is 10.2 Å². The van der Waals surface area contributed by atoms with E-state index in [-0.39, 0.29) is 11.7 Å². The fraction of sp³-hybridized carbons (Fsp3) is 0.136. The van der Waals surface area contributed by atoms with Crippen molar-refractivity contribution in [2.24, 2.45) is 0 Å². The number of amides is 1. The van der Waals surface area contributed by atoms with Crippen molar-refractivity contribution in [1.29, 1.82) is 0 Å². The standard InChI is InChI=1S/C22H20N4O2S/c1-16-9-11-18(12-10-16)26-21(19-8-5-13-28-19)24-25-22(26)29-15-20(27)23-14-17-6-3-2-4-7-17/h2-13H,14-15H2,1H3,(H,23,27). The van der Waals surface area contributed by atoms with Gasteiger partial charge in [0, 0.05) is 12.2 Å². The van der Waals surface area contributed by atoms with Crippen molar-refractivity contribution in [2.75, 3.05) is 5.75 Å². The summed E-state index contributed by atoms with van der Waals surface area (Å²) >= 11 is 1.34. The molecule has 1 N–H and O–H groups in total. The molecule has 4 rings (SSSR count). The first-order valence-electron chi connectivity index (χ1n) is 9.20. The highest BCUT2D eigenvalue weighted by Gasteiger charge is 2.18. The molecule has 6 nitrogen and oxygen atoms in total. The van der Waals surface area contributed by atoms with Crippen LogP contribution in [0.3, 0.4) is 0 Å². The molecular formula is C22H20N4O2S. The van der Waals surface area contributed by atoms with Crippen molar-refractivity contribution in [3.63, 3.8) is 0 Å². The van der Waals surface area contributed by atoms with Gasteiger partial charge in [0.15, 0.2) is 10.9 Å². The second kappa shape index (κ2) is 8.79. The molecule has 1 amide bonds. The van der Waals surface area contributed by atoms with Crippen LogP contribution in [0.15, 0.2) is 82.6 Å². The fourth-order valence-corrected chi connectivity index (χ4v) is 3.61. The van der Waals surface area contributed by atoms with Gasteiger partial charge < -0.3 is 9.73 Å². The number of hydrogen-bond acceptors (Lipinski definition) is 5. The van der Waals surface area contributed by atoms with Crippen LogP contribution in [0.1, 0.15) is 11.1 Å². The monoisotopic (exact) mass is 404 g/mol. The van der Waals surface area contributed by atoms with Gasteiger partial charge in [-0.2, -0.15) is 0 Å². The highest BCUT2D eigenvalue weighted by molar-refractivity contribution is 7.99. The van der Waals surface area contributed by atoms with E-state index in [4.69, 9.17) is 4.42 Å². The lowest BCUT2D eigenvalue weighted by Gasteiger charge is -2.10. The summed E-state index contributed by atoms with van der Waals surface area (Å²) in [4.78, 5) is 12.3. The van der Waals surface area contributed by atoms with Gasteiger partial charge in [0.25, 0.3) is 0 Å². The van der Waals surface area contributed by atoms with Gasteiger partial charge in [0.05, 0.1) is 12.0 Å². The zero-order valence-electron chi connectivity index (χ0n) is 15.9. The van der Waals surface area contributed by atoms with Crippen LogP contribution in [0.25, 0.3) is 17.3 Å². The molecule has 0 saturated carbocycles. The minimum absolute atomic E-state index is 0.0585. The number of aryl methyl sites for hydroxylation is 1. The molecule has 2 aromatic heterocycles. The van der Waals surface area contributed by atoms with Crippen molar-refractivity contribution in [2.45, 2.75) is 18.6 Å². The number of carbonyl (C=O) groups is 1. The molecule has 0 fully saturated rings. The quantitative estimate of drug-likeness (QED) is 0.466. The third-order valence-corrected chi connectivity index (χ3v) is 5.26. The van der Waals surface area contributed by atoms with Crippen molar-refractivity contribution in [1.82, 2.24) is 20.1 Å². The second-order valence-electron chi connectivity index (χ2n) is 6.51.